The number of aliphatic carboxylic acids is 2. The summed E-state index contributed by atoms with van der Waals surface area (Å²) in [6, 6.07) is 0. The van der Waals surface area contributed by atoms with Crippen molar-refractivity contribution in [2.45, 2.75) is 38.5 Å². The molecule has 2 N–H and O–H groups in total. The second kappa shape index (κ2) is 11.8. The van der Waals surface area contributed by atoms with Crippen LogP contribution in [0.4, 0.5) is 0 Å². The van der Waals surface area contributed by atoms with E-state index in [0.29, 0.717) is 25.7 Å². The molecule has 0 spiro atoms. The van der Waals surface area contributed by atoms with Crippen LogP contribution in [0.3, 0.4) is 0 Å². The molecule has 0 fully saturated rings. The van der Waals surface area contributed by atoms with Crippen LogP contribution in [0, 0.1) is 20.2 Å². The highest BCUT2D eigenvalue weighted by molar-refractivity contribution is 5.67. The van der Waals surface area contributed by atoms with Crippen LogP contribution < -0.4 is 0 Å². The van der Waals surface area contributed by atoms with Crippen molar-refractivity contribution in [3.8, 4) is 0 Å². The molecule has 0 rings (SSSR count). The monoisotopic (exact) mass is 350 g/mol. The third-order valence-electron chi connectivity index (χ3n) is 3.21. The first-order chi connectivity index (χ1) is 11.2. The highest BCUT2D eigenvalue weighted by Crippen LogP contribution is 2.05. The standard InChI is InChI=1S/C12H22N4O8/c17-11(18)5-9-13(15(21)22)7-3-1-2-4-8-14(16(23)24)10-6-12(19)20/h1-10H2,(H,17,18)(H,19,20). The van der Waals surface area contributed by atoms with Gasteiger partial charge in [-0.05, 0) is 12.8 Å². The van der Waals surface area contributed by atoms with Crippen molar-refractivity contribution in [2.24, 2.45) is 0 Å². The van der Waals surface area contributed by atoms with Gasteiger partial charge in [-0.2, -0.15) is 0 Å². The Balaban J connectivity index is 3.93. The summed E-state index contributed by atoms with van der Waals surface area (Å²) in [6.07, 6.45) is 1.50. The van der Waals surface area contributed by atoms with Gasteiger partial charge in [0.05, 0.1) is 39.0 Å². The van der Waals surface area contributed by atoms with Crippen molar-refractivity contribution in [1.29, 1.82) is 0 Å². The Morgan fingerprint density at radius 1 is 0.708 bits per heavy atom. The number of nitrogens with zero attached hydrogens (tertiary/aromatic N) is 4. The summed E-state index contributed by atoms with van der Waals surface area (Å²) in [5, 5.41) is 38.9. The highest BCUT2D eigenvalue weighted by Gasteiger charge is 2.16. The average molecular weight is 350 g/mol. The van der Waals surface area contributed by atoms with Crippen LogP contribution in [-0.4, -0.2) is 68.4 Å². The predicted octanol–water partition coefficient (Wildman–Crippen LogP) is 0.484. The quantitative estimate of drug-likeness (QED) is 0.241. The molecule has 0 aromatic heterocycles. The molecule has 12 heteroatoms. The van der Waals surface area contributed by atoms with E-state index in [4.69, 9.17) is 10.2 Å². The summed E-state index contributed by atoms with van der Waals surface area (Å²) in [4.78, 5) is 42.3. The summed E-state index contributed by atoms with van der Waals surface area (Å²) in [7, 11) is 0. The Hall–Kier alpha value is -2.66. The Labute approximate surface area is 137 Å². The van der Waals surface area contributed by atoms with E-state index in [0.717, 1.165) is 10.0 Å². The fourth-order valence-corrected chi connectivity index (χ4v) is 1.94. The smallest absolute Gasteiger partial charge is 0.305 e. The van der Waals surface area contributed by atoms with Crippen molar-refractivity contribution in [3.05, 3.63) is 20.2 Å². The first kappa shape index (κ1) is 21.3. The number of hydrogen-bond donors (Lipinski definition) is 2. The zero-order chi connectivity index (χ0) is 18.5. The van der Waals surface area contributed by atoms with Gasteiger partial charge in [0, 0.05) is 0 Å². The topological polar surface area (TPSA) is 167 Å². The molecule has 0 heterocycles. The molecule has 138 valence electrons. The first-order valence-corrected chi connectivity index (χ1v) is 7.46. The highest BCUT2D eigenvalue weighted by atomic mass is 16.7. The van der Waals surface area contributed by atoms with Crippen LogP contribution >= 0.6 is 0 Å². The number of unbranched alkanes of at least 4 members (excludes halogenated alkanes) is 3. The van der Waals surface area contributed by atoms with E-state index < -0.39 is 22.0 Å². The van der Waals surface area contributed by atoms with Crippen LogP contribution in [0.1, 0.15) is 38.5 Å². The Morgan fingerprint density at radius 2 is 1.04 bits per heavy atom. The Kier molecular flexibility index (Phi) is 10.5. The van der Waals surface area contributed by atoms with E-state index >= 15 is 0 Å². The molecule has 0 unspecified atom stereocenters. The fraction of sp³-hybridized carbons (Fsp3) is 0.833. The van der Waals surface area contributed by atoms with Crippen LogP contribution in [0.25, 0.3) is 0 Å². The van der Waals surface area contributed by atoms with Crippen LogP contribution in [0.15, 0.2) is 0 Å². The molecule has 0 atom stereocenters. The minimum atomic E-state index is -1.11. The minimum Gasteiger partial charge on any atom is -0.481 e. The van der Waals surface area contributed by atoms with E-state index in [1.165, 1.54) is 0 Å². The van der Waals surface area contributed by atoms with Crippen LogP contribution in [0.2, 0.25) is 0 Å². The number of carboxylic acid groups (broad SMARTS) is 2. The molecule has 0 amide bonds. The number of hydrazine groups is 2. The molecule has 0 radical (unpaired) electrons. The van der Waals surface area contributed by atoms with Gasteiger partial charge in [-0.15, -0.1) is 10.0 Å². The normalized spacial score (nSPS) is 10.2. The molecule has 0 aromatic rings. The summed E-state index contributed by atoms with van der Waals surface area (Å²) in [6.45, 7) is -0.129. The molecule has 0 aromatic carbocycles. The number of rotatable bonds is 15. The average Bonchev–Trinajstić information content (AvgIpc) is 2.47. The molecule has 0 saturated carbocycles. The summed E-state index contributed by atoms with van der Waals surface area (Å²) < 4.78 is 0. The van der Waals surface area contributed by atoms with Gasteiger partial charge in [0.2, 0.25) is 0 Å². The molecular formula is C12H22N4O8. The molecule has 12 nitrogen and oxygen atoms in total. The lowest BCUT2D eigenvalue weighted by atomic mass is 10.2. The third kappa shape index (κ3) is 11.0. The first-order valence-electron chi connectivity index (χ1n) is 7.46. The minimum absolute atomic E-state index is 0.109. The Morgan fingerprint density at radius 3 is 1.29 bits per heavy atom. The zero-order valence-corrected chi connectivity index (χ0v) is 13.2. The molecule has 24 heavy (non-hydrogen) atoms. The number of carbonyl (C=O) groups is 2. The summed E-state index contributed by atoms with van der Waals surface area (Å²) in [5.41, 5.74) is 0. The maximum Gasteiger partial charge on any atom is 0.305 e. The van der Waals surface area contributed by atoms with E-state index in [1.807, 2.05) is 0 Å². The largest absolute Gasteiger partial charge is 0.481 e. The van der Waals surface area contributed by atoms with Crippen molar-refractivity contribution in [1.82, 2.24) is 10.0 Å². The van der Waals surface area contributed by atoms with Gasteiger partial charge in [0.25, 0.3) is 0 Å². The SMILES string of the molecule is O=C(O)CCN(CCCCCCN(CCC(=O)O)[N+](=O)[O-])[N+](=O)[O-]. The molecule has 0 aliphatic carbocycles. The lowest BCUT2D eigenvalue weighted by Gasteiger charge is -2.14. The zero-order valence-electron chi connectivity index (χ0n) is 13.2. The van der Waals surface area contributed by atoms with Gasteiger partial charge in [0.1, 0.15) is 0 Å². The molecule has 0 bridgehead atoms. The van der Waals surface area contributed by atoms with Crippen molar-refractivity contribution in [2.75, 3.05) is 26.2 Å². The lowest BCUT2D eigenvalue weighted by Crippen LogP contribution is -2.33. The van der Waals surface area contributed by atoms with Crippen LogP contribution in [-0.2, 0) is 9.59 Å². The second-order valence-electron chi connectivity index (χ2n) is 5.08. The van der Waals surface area contributed by atoms with Crippen molar-refractivity contribution >= 4 is 11.9 Å². The molecular weight excluding hydrogens is 328 g/mol. The molecule has 0 aliphatic heterocycles. The summed E-state index contributed by atoms with van der Waals surface area (Å²) in [5.74, 6) is -2.22. The lowest BCUT2D eigenvalue weighted by molar-refractivity contribution is -0.655. The molecule has 0 saturated heterocycles. The molecule has 0 aliphatic rings. The van der Waals surface area contributed by atoms with Crippen molar-refractivity contribution in [3.63, 3.8) is 0 Å². The number of carboxylic acids is 2. The van der Waals surface area contributed by atoms with Gasteiger partial charge in [-0.3, -0.25) is 9.59 Å². The van der Waals surface area contributed by atoms with Gasteiger partial charge in [-0.1, -0.05) is 12.8 Å². The third-order valence-corrected chi connectivity index (χ3v) is 3.21. The van der Waals surface area contributed by atoms with E-state index in [2.05, 4.69) is 0 Å². The summed E-state index contributed by atoms with van der Waals surface area (Å²) >= 11 is 0. The van der Waals surface area contributed by atoms with Crippen molar-refractivity contribution < 1.29 is 29.9 Å². The fourth-order valence-electron chi connectivity index (χ4n) is 1.94. The van der Waals surface area contributed by atoms with Gasteiger partial charge < -0.3 is 10.2 Å². The van der Waals surface area contributed by atoms with E-state index in [1.54, 1.807) is 0 Å². The maximum atomic E-state index is 10.7. The van der Waals surface area contributed by atoms with Gasteiger partial charge in [0.15, 0.2) is 10.1 Å². The van der Waals surface area contributed by atoms with E-state index in [9.17, 15) is 29.8 Å². The second-order valence-corrected chi connectivity index (χ2v) is 5.08. The van der Waals surface area contributed by atoms with E-state index in [-0.39, 0.29) is 39.0 Å². The maximum absolute atomic E-state index is 10.7. The number of hydrogen-bond acceptors (Lipinski definition) is 6. The van der Waals surface area contributed by atoms with Crippen LogP contribution in [0.5, 0.6) is 0 Å². The Bertz CT molecular complexity index is 405. The van der Waals surface area contributed by atoms with Gasteiger partial charge in [-0.25, -0.2) is 20.2 Å². The number of nitro groups is 2. The predicted molar refractivity (Wildman–Crippen MR) is 80.1 cm³/mol. The van der Waals surface area contributed by atoms with Gasteiger partial charge >= 0.3 is 11.9 Å².